The van der Waals surface area contributed by atoms with E-state index in [1.54, 1.807) is 7.05 Å². The van der Waals surface area contributed by atoms with Crippen molar-refractivity contribution in [2.45, 2.75) is 19.4 Å². The van der Waals surface area contributed by atoms with Gasteiger partial charge in [-0.1, -0.05) is 5.16 Å². The number of nitro groups is 1. The van der Waals surface area contributed by atoms with E-state index in [4.69, 9.17) is 4.52 Å². The summed E-state index contributed by atoms with van der Waals surface area (Å²) in [5, 5.41) is 17.7. The molecule has 0 aliphatic carbocycles. The Balaban J connectivity index is 2.40. The van der Waals surface area contributed by atoms with E-state index < -0.39 is 16.4 Å². The molecule has 0 radical (unpaired) electrons. The van der Waals surface area contributed by atoms with Crippen LogP contribution in [0.15, 0.2) is 21.1 Å². The minimum Gasteiger partial charge on any atom is -0.334 e. The molecule has 1 aromatic heterocycles. The number of rotatable bonds is 5. The summed E-state index contributed by atoms with van der Waals surface area (Å²) >= 11 is 3.08. The zero-order valence-electron chi connectivity index (χ0n) is 11.3. The highest BCUT2D eigenvalue weighted by Gasteiger charge is 2.22. The minimum absolute atomic E-state index is 0.0304. The summed E-state index contributed by atoms with van der Waals surface area (Å²) in [5.41, 5.74) is -0.245. The first-order valence-electron chi connectivity index (χ1n) is 6.06. The molecule has 7 nitrogen and oxygen atoms in total. The van der Waals surface area contributed by atoms with E-state index in [0.717, 1.165) is 12.1 Å². The van der Waals surface area contributed by atoms with Crippen molar-refractivity contribution < 1.29 is 13.8 Å². The lowest BCUT2D eigenvalue weighted by atomic mass is 10.2. The van der Waals surface area contributed by atoms with Crippen molar-refractivity contribution in [1.82, 2.24) is 15.5 Å². The second-order valence-electron chi connectivity index (χ2n) is 4.45. The topological polar surface area (TPSA) is 94.1 Å². The molecule has 9 heteroatoms. The average molecular weight is 359 g/mol. The van der Waals surface area contributed by atoms with Gasteiger partial charge in [0.2, 0.25) is 0 Å². The summed E-state index contributed by atoms with van der Waals surface area (Å²) in [6, 6.07) is 2.07. The normalized spacial score (nSPS) is 12.4. The number of aromatic nitrogens is 2. The SMILES string of the molecule is CNC(C)Cc1noc(-c2cc(F)cc([N+](=O)[O-])c2Br)n1. The molecular weight excluding hydrogens is 347 g/mol. The molecule has 0 amide bonds. The van der Waals surface area contributed by atoms with E-state index in [9.17, 15) is 14.5 Å². The van der Waals surface area contributed by atoms with Crippen molar-refractivity contribution >= 4 is 21.6 Å². The highest BCUT2D eigenvalue weighted by Crippen LogP contribution is 2.35. The van der Waals surface area contributed by atoms with Gasteiger partial charge in [0, 0.05) is 12.5 Å². The van der Waals surface area contributed by atoms with Crippen LogP contribution in [-0.2, 0) is 6.42 Å². The maximum atomic E-state index is 13.5. The maximum Gasteiger partial charge on any atom is 0.287 e. The molecule has 1 aromatic carbocycles. The van der Waals surface area contributed by atoms with Gasteiger partial charge in [-0.2, -0.15) is 4.98 Å². The average Bonchev–Trinajstić information content (AvgIpc) is 2.88. The van der Waals surface area contributed by atoms with Crippen molar-refractivity contribution in [1.29, 1.82) is 0 Å². The predicted octanol–water partition coefficient (Wildman–Crippen LogP) is 2.70. The number of halogens is 2. The summed E-state index contributed by atoms with van der Waals surface area (Å²) in [6.45, 7) is 1.94. The quantitative estimate of drug-likeness (QED) is 0.652. The molecule has 0 saturated carbocycles. The second kappa shape index (κ2) is 6.27. The Labute approximate surface area is 127 Å². The van der Waals surface area contributed by atoms with E-state index in [0.29, 0.717) is 12.2 Å². The van der Waals surface area contributed by atoms with E-state index in [2.05, 4.69) is 31.4 Å². The molecule has 112 valence electrons. The molecular formula is C12H12BrFN4O3. The van der Waals surface area contributed by atoms with Gasteiger partial charge in [0.25, 0.3) is 11.6 Å². The molecule has 0 aliphatic rings. The van der Waals surface area contributed by atoms with Crippen LogP contribution in [0.1, 0.15) is 12.7 Å². The molecule has 1 unspecified atom stereocenters. The number of hydrogen-bond donors (Lipinski definition) is 1. The van der Waals surface area contributed by atoms with Gasteiger partial charge >= 0.3 is 0 Å². The monoisotopic (exact) mass is 358 g/mol. The first-order valence-corrected chi connectivity index (χ1v) is 6.85. The van der Waals surface area contributed by atoms with E-state index >= 15 is 0 Å². The van der Waals surface area contributed by atoms with Crippen LogP contribution in [0.2, 0.25) is 0 Å². The Hall–Kier alpha value is -1.87. The number of likely N-dealkylation sites (N-methyl/N-ethyl adjacent to an activating group) is 1. The van der Waals surface area contributed by atoms with Gasteiger partial charge in [-0.05, 0) is 36.0 Å². The van der Waals surface area contributed by atoms with Crippen LogP contribution >= 0.6 is 15.9 Å². The number of nitro benzene ring substituents is 1. The molecule has 1 atom stereocenters. The molecule has 1 heterocycles. The summed E-state index contributed by atoms with van der Waals surface area (Å²) in [6.07, 6.45) is 0.523. The third-order valence-electron chi connectivity index (χ3n) is 2.89. The third-order valence-corrected chi connectivity index (χ3v) is 3.73. The van der Waals surface area contributed by atoms with Gasteiger partial charge < -0.3 is 9.84 Å². The van der Waals surface area contributed by atoms with Crippen LogP contribution in [0, 0.1) is 15.9 Å². The lowest BCUT2D eigenvalue weighted by Crippen LogP contribution is -2.24. The smallest absolute Gasteiger partial charge is 0.287 e. The summed E-state index contributed by atoms with van der Waals surface area (Å²) in [7, 11) is 1.80. The fourth-order valence-electron chi connectivity index (χ4n) is 1.69. The van der Waals surface area contributed by atoms with E-state index in [1.165, 1.54) is 0 Å². The summed E-state index contributed by atoms with van der Waals surface area (Å²) in [4.78, 5) is 14.3. The fourth-order valence-corrected chi connectivity index (χ4v) is 2.23. The third kappa shape index (κ3) is 3.42. The second-order valence-corrected chi connectivity index (χ2v) is 5.25. The standard InChI is InChI=1S/C12H12BrFN4O3/c1-6(15-2)3-10-16-12(21-17-10)8-4-7(14)5-9(11(8)13)18(19)20/h4-6,15H,3H2,1-2H3. The summed E-state index contributed by atoms with van der Waals surface area (Å²) < 4.78 is 18.7. The van der Waals surface area contributed by atoms with E-state index in [1.807, 2.05) is 6.92 Å². The van der Waals surface area contributed by atoms with Gasteiger partial charge in [0.05, 0.1) is 16.6 Å². The predicted molar refractivity (Wildman–Crippen MR) is 76.3 cm³/mol. The first-order chi connectivity index (χ1) is 9.92. The Morgan fingerprint density at radius 1 is 1.57 bits per heavy atom. The van der Waals surface area contributed by atoms with Gasteiger partial charge in [-0.3, -0.25) is 10.1 Å². The molecule has 0 fully saturated rings. The Morgan fingerprint density at radius 2 is 2.29 bits per heavy atom. The molecule has 1 N–H and O–H groups in total. The molecule has 2 rings (SSSR count). The van der Waals surface area contributed by atoms with Crippen LogP contribution in [-0.4, -0.2) is 28.2 Å². The highest BCUT2D eigenvalue weighted by molar-refractivity contribution is 9.10. The van der Waals surface area contributed by atoms with Crippen LogP contribution < -0.4 is 5.32 Å². The molecule has 0 saturated heterocycles. The largest absolute Gasteiger partial charge is 0.334 e. The number of nitrogens with zero attached hydrogens (tertiary/aromatic N) is 3. The van der Waals surface area contributed by atoms with Crippen molar-refractivity contribution in [3.05, 3.63) is 38.4 Å². The van der Waals surface area contributed by atoms with Crippen molar-refractivity contribution in [2.24, 2.45) is 0 Å². The zero-order chi connectivity index (χ0) is 15.6. The number of nitrogens with one attached hydrogen (secondary N) is 1. The van der Waals surface area contributed by atoms with Crippen LogP contribution in [0.4, 0.5) is 10.1 Å². The van der Waals surface area contributed by atoms with Gasteiger partial charge in [-0.15, -0.1) is 0 Å². The minimum atomic E-state index is -0.747. The number of benzene rings is 1. The van der Waals surface area contributed by atoms with Crippen molar-refractivity contribution in [3.63, 3.8) is 0 Å². The molecule has 21 heavy (non-hydrogen) atoms. The first kappa shape index (κ1) is 15.5. The van der Waals surface area contributed by atoms with Crippen molar-refractivity contribution in [2.75, 3.05) is 7.05 Å². The Morgan fingerprint density at radius 3 is 2.90 bits per heavy atom. The van der Waals surface area contributed by atoms with Gasteiger partial charge in [0.1, 0.15) is 10.3 Å². The fraction of sp³-hybridized carbons (Fsp3) is 0.333. The number of hydrogen-bond acceptors (Lipinski definition) is 6. The highest BCUT2D eigenvalue weighted by atomic mass is 79.9. The zero-order valence-corrected chi connectivity index (χ0v) is 12.8. The molecule has 0 spiro atoms. The molecule has 0 aliphatic heterocycles. The van der Waals surface area contributed by atoms with Crippen molar-refractivity contribution in [3.8, 4) is 11.5 Å². The Kier molecular flexibility index (Phi) is 4.63. The maximum absolute atomic E-state index is 13.5. The van der Waals surface area contributed by atoms with Crippen LogP contribution in [0.5, 0.6) is 0 Å². The van der Waals surface area contributed by atoms with Crippen LogP contribution in [0.25, 0.3) is 11.5 Å². The summed E-state index contributed by atoms with van der Waals surface area (Å²) in [5.74, 6) is -0.281. The molecule has 2 aromatic rings. The lowest BCUT2D eigenvalue weighted by Gasteiger charge is -2.04. The lowest BCUT2D eigenvalue weighted by molar-refractivity contribution is -0.385. The Bertz CT molecular complexity index is 677. The van der Waals surface area contributed by atoms with Crippen LogP contribution in [0.3, 0.4) is 0 Å². The molecule has 0 bridgehead atoms. The van der Waals surface area contributed by atoms with E-state index in [-0.39, 0.29) is 22.0 Å². The van der Waals surface area contributed by atoms with Gasteiger partial charge in [0.15, 0.2) is 5.82 Å². The van der Waals surface area contributed by atoms with Gasteiger partial charge in [-0.25, -0.2) is 4.39 Å².